The molecule has 2 aromatic rings. The van der Waals surface area contributed by atoms with Gasteiger partial charge in [0.2, 0.25) is 0 Å². The largest absolute Gasteiger partial charge is 0.338 e. The normalized spacial score (nSPS) is 16.2. The lowest BCUT2D eigenvalue weighted by Crippen LogP contribution is -2.43. The van der Waals surface area contributed by atoms with E-state index in [2.05, 4.69) is 10.3 Å². The number of halogens is 1. The zero-order valence-corrected chi connectivity index (χ0v) is 14.9. The van der Waals surface area contributed by atoms with Crippen LogP contribution in [0.1, 0.15) is 28.2 Å². The first-order valence-corrected chi connectivity index (χ1v) is 9.29. The van der Waals surface area contributed by atoms with Crippen molar-refractivity contribution in [2.24, 2.45) is 0 Å². The van der Waals surface area contributed by atoms with E-state index in [9.17, 15) is 4.79 Å². The standard InChI is InChI=1S/C15H18ClN3OS2/c1-9-13(15(20)19-7-5-10(17-2)6-8-19)22-14(18-9)11-3-4-12(16)21-11/h3-4,10,17H,5-8H2,1-2H3. The van der Waals surface area contributed by atoms with Gasteiger partial charge in [-0.15, -0.1) is 22.7 Å². The Morgan fingerprint density at radius 2 is 2.09 bits per heavy atom. The van der Waals surface area contributed by atoms with Crippen LogP contribution in [0, 0.1) is 6.92 Å². The Hall–Kier alpha value is -0.950. The van der Waals surface area contributed by atoms with Crippen LogP contribution in [0.5, 0.6) is 0 Å². The SMILES string of the molecule is CNC1CCN(C(=O)c2sc(-c3ccc(Cl)s3)nc2C)CC1. The topological polar surface area (TPSA) is 45.2 Å². The molecule has 0 radical (unpaired) electrons. The molecule has 1 aliphatic heterocycles. The molecule has 118 valence electrons. The van der Waals surface area contributed by atoms with Crippen LogP contribution in [0.25, 0.3) is 9.88 Å². The summed E-state index contributed by atoms with van der Waals surface area (Å²) in [4.78, 5) is 21.0. The number of amides is 1. The lowest BCUT2D eigenvalue weighted by Gasteiger charge is -2.31. The van der Waals surface area contributed by atoms with Gasteiger partial charge in [-0.25, -0.2) is 4.98 Å². The molecule has 3 heterocycles. The van der Waals surface area contributed by atoms with Crippen molar-refractivity contribution >= 4 is 40.2 Å². The predicted molar refractivity (Wildman–Crippen MR) is 93.2 cm³/mol. The maximum Gasteiger partial charge on any atom is 0.265 e. The second kappa shape index (κ2) is 6.66. The molecule has 7 heteroatoms. The number of rotatable bonds is 3. The molecule has 0 aromatic carbocycles. The highest BCUT2D eigenvalue weighted by atomic mass is 35.5. The van der Waals surface area contributed by atoms with E-state index in [-0.39, 0.29) is 5.91 Å². The summed E-state index contributed by atoms with van der Waals surface area (Å²) in [6.07, 6.45) is 2.01. The third-order valence-electron chi connectivity index (χ3n) is 3.97. The first-order chi connectivity index (χ1) is 10.6. The summed E-state index contributed by atoms with van der Waals surface area (Å²) >= 11 is 8.94. The van der Waals surface area contributed by atoms with Gasteiger partial charge in [0.05, 0.1) is 14.9 Å². The molecule has 2 aromatic heterocycles. The average molecular weight is 356 g/mol. The summed E-state index contributed by atoms with van der Waals surface area (Å²) in [7, 11) is 1.98. The van der Waals surface area contributed by atoms with Gasteiger partial charge in [0.25, 0.3) is 5.91 Å². The number of likely N-dealkylation sites (tertiary alicyclic amines) is 1. The lowest BCUT2D eigenvalue weighted by molar-refractivity contribution is 0.0711. The van der Waals surface area contributed by atoms with Gasteiger partial charge in [-0.2, -0.15) is 0 Å². The van der Waals surface area contributed by atoms with Gasteiger partial charge in [0.15, 0.2) is 0 Å². The number of aryl methyl sites for hydroxylation is 1. The van der Waals surface area contributed by atoms with Crippen molar-refractivity contribution in [3.05, 3.63) is 27.0 Å². The van der Waals surface area contributed by atoms with E-state index in [4.69, 9.17) is 11.6 Å². The second-order valence-electron chi connectivity index (χ2n) is 5.39. The highest BCUT2D eigenvalue weighted by Crippen LogP contribution is 2.35. The van der Waals surface area contributed by atoms with E-state index in [0.29, 0.717) is 6.04 Å². The molecule has 1 N–H and O–H groups in total. The van der Waals surface area contributed by atoms with Gasteiger partial charge in [-0.05, 0) is 38.9 Å². The maximum absolute atomic E-state index is 12.7. The number of carbonyl (C=O) groups is 1. The van der Waals surface area contributed by atoms with Crippen LogP contribution < -0.4 is 5.32 Å². The number of nitrogens with zero attached hydrogens (tertiary/aromatic N) is 2. The van der Waals surface area contributed by atoms with E-state index in [0.717, 1.165) is 50.7 Å². The highest BCUT2D eigenvalue weighted by molar-refractivity contribution is 7.24. The molecule has 4 nitrogen and oxygen atoms in total. The molecule has 0 atom stereocenters. The van der Waals surface area contributed by atoms with Gasteiger partial charge in [-0.1, -0.05) is 11.6 Å². The number of carbonyl (C=O) groups excluding carboxylic acids is 1. The molecule has 1 aliphatic rings. The molecule has 1 fully saturated rings. The predicted octanol–water partition coefficient (Wildman–Crippen LogP) is 3.66. The van der Waals surface area contributed by atoms with Crippen molar-refractivity contribution in [2.45, 2.75) is 25.8 Å². The molecule has 0 spiro atoms. The summed E-state index contributed by atoms with van der Waals surface area (Å²) < 4.78 is 0.741. The molecule has 0 saturated carbocycles. The molecule has 1 saturated heterocycles. The van der Waals surface area contributed by atoms with E-state index < -0.39 is 0 Å². The van der Waals surface area contributed by atoms with Crippen LogP contribution in [-0.4, -0.2) is 42.0 Å². The van der Waals surface area contributed by atoms with Crippen LogP contribution in [0.4, 0.5) is 0 Å². The monoisotopic (exact) mass is 355 g/mol. The average Bonchev–Trinajstić information content (AvgIpc) is 3.12. The molecule has 3 rings (SSSR count). The van der Waals surface area contributed by atoms with Crippen molar-refractivity contribution in [1.29, 1.82) is 0 Å². The quantitative estimate of drug-likeness (QED) is 0.913. The van der Waals surface area contributed by atoms with Gasteiger partial charge < -0.3 is 10.2 Å². The zero-order chi connectivity index (χ0) is 15.7. The number of aromatic nitrogens is 1. The molecular weight excluding hydrogens is 338 g/mol. The maximum atomic E-state index is 12.7. The van der Waals surface area contributed by atoms with Gasteiger partial charge in [0, 0.05) is 19.1 Å². The molecule has 0 unspecified atom stereocenters. The Morgan fingerprint density at radius 3 is 2.68 bits per heavy atom. The van der Waals surface area contributed by atoms with Gasteiger partial charge in [-0.3, -0.25) is 4.79 Å². The summed E-state index contributed by atoms with van der Waals surface area (Å²) in [6.45, 7) is 3.52. The van der Waals surface area contributed by atoms with Crippen LogP contribution in [-0.2, 0) is 0 Å². The Bertz CT molecular complexity index is 674. The molecule has 0 aliphatic carbocycles. The van der Waals surface area contributed by atoms with Crippen LogP contribution in [0.3, 0.4) is 0 Å². The van der Waals surface area contributed by atoms with Crippen molar-refractivity contribution in [3.8, 4) is 9.88 Å². The first-order valence-electron chi connectivity index (χ1n) is 7.28. The third kappa shape index (κ3) is 3.20. The summed E-state index contributed by atoms with van der Waals surface area (Å²) in [5.41, 5.74) is 0.810. The number of thiophene rings is 1. The van der Waals surface area contributed by atoms with Gasteiger partial charge >= 0.3 is 0 Å². The van der Waals surface area contributed by atoms with Crippen molar-refractivity contribution in [3.63, 3.8) is 0 Å². The number of thiazole rings is 1. The minimum Gasteiger partial charge on any atom is -0.338 e. The Labute approximate surface area is 143 Å². The van der Waals surface area contributed by atoms with E-state index in [1.807, 2.05) is 31.0 Å². The number of piperidine rings is 1. The number of nitrogens with one attached hydrogen (secondary N) is 1. The molecular formula is C15H18ClN3OS2. The van der Waals surface area contributed by atoms with E-state index in [1.165, 1.54) is 22.7 Å². The summed E-state index contributed by atoms with van der Waals surface area (Å²) in [5, 5.41) is 4.16. The number of hydrogen-bond acceptors (Lipinski definition) is 5. The Balaban J connectivity index is 1.77. The first kappa shape index (κ1) is 15.9. The minimum absolute atomic E-state index is 0.110. The van der Waals surface area contributed by atoms with E-state index >= 15 is 0 Å². The summed E-state index contributed by atoms with van der Waals surface area (Å²) in [5.74, 6) is 0.110. The highest BCUT2D eigenvalue weighted by Gasteiger charge is 2.26. The molecule has 1 amide bonds. The fourth-order valence-corrected chi connectivity index (χ4v) is 4.78. The zero-order valence-electron chi connectivity index (χ0n) is 12.6. The van der Waals surface area contributed by atoms with Crippen LogP contribution in [0.2, 0.25) is 4.34 Å². The fraction of sp³-hybridized carbons (Fsp3) is 0.467. The smallest absolute Gasteiger partial charge is 0.265 e. The van der Waals surface area contributed by atoms with Crippen molar-refractivity contribution < 1.29 is 4.79 Å². The number of hydrogen-bond donors (Lipinski definition) is 1. The minimum atomic E-state index is 0.110. The van der Waals surface area contributed by atoms with Crippen molar-refractivity contribution in [2.75, 3.05) is 20.1 Å². The van der Waals surface area contributed by atoms with E-state index in [1.54, 1.807) is 0 Å². The summed E-state index contributed by atoms with van der Waals surface area (Å²) in [6, 6.07) is 4.34. The van der Waals surface area contributed by atoms with Crippen LogP contribution >= 0.6 is 34.3 Å². The lowest BCUT2D eigenvalue weighted by atomic mass is 10.1. The Kier molecular flexibility index (Phi) is 4.82. The second-order valence-corrected chi connectivity index (χ2v) is 8.11. The third-order valence-corrected chi connectivity index (χ3v) is 6.51. The van der Waals surface area contributed by atoms with Gasteiger partial charge in [0.1, 0.15) is 9.88 Å². The fourth-order valence-electron chi connectivity index (χ4n) is 2.64. The van der Waals surface area contributed by atoms with Crippen LogP contribution in [0.15, 0.2) is 12.1 Å². The molecule has 0 bridgehead atoms. The Morgan fingerprint density at radius 1 is 1.36 bits per heavy atom. The van der Waals surface area contributed by atoms with Crippen molar-refractivity contribution in [1.82, 2.24) is 15.2 Å². The molecule has 22 heavy (non-hydrogen) atoms.